The van der Waals surface area contributed by atoms with E-state index >= 15 is 0 Å². The fraction of sp³-hybridized carbons (Fsp3) is 0.615. The number of hydrogen-bond acceptors (Lipinski definition) is 4. The second-order valence-electron chi connectivity index (χ2n) is 5.94. The van der Waals surface area contributed by atoms with E-state index in [9.17, 15) is 0 Å². The summed E-state index contributed by atoms with van der Waals surface area (Å²) in [5.41, 5.74) is 1.09. The van der Waals surface area contributed by atoms with Crippen molar-refractivity contribution < 1.29 is 0 Å². The van der Waals surface area contributed by atoms with Crippen molar-refractivity contribution in [3.05, 3.63) is 23.8 Å². The van der Waals surface area contributed by atoms with Crippen LogP contribution in [0.4, 0.5) is 0 Å². The summed E-state index contributed by atoms with van der Waals surface area (Å²) in [6.45, 7) is 7.53. The summed E-state index contributed by atoms with van der Waals surface area (Å²) in [6, 6.07) is 2.39. The molecule has 0 bridgehead atoms. The maximum absolute atomic E-state index is 4.60. The van der Waals surface area contributed by atoms with Crippen LogP contribution in [0.15, 0.2) is 12.3 Å². The molecular formula is C13H19N5. The largest absolute Gasteiger partial charge is 0.307 e. The highest BCUT2D eigenvalue weighted by molar-refractivity contribution is 5.32. The Morgan fingerprint density at radius 1 is 1.33 bits per heavy atom. The van der Waals surface area contributed by atoms with Crippen LogP contribution in [-0.4, -0.2) is 26.1 Å². The molecule has 5 nitrogen and oxygen atoms in total. The van der Waals surface area contributed by atoms with Crippen molar-refractivity contribution in [1.82, 2.24) is 24.9 Å². The van der Waals surface area contributed by atoms with Gasteiger partial charge in [-0.3, -0.25) is 4.40 Å². The summed E-state index contributed by atoms with van der Waals surface area (Å²) in [4.78, 5) is 4.60. The minimum atomic E-state index is 0.0411. The highest BCUT2D eigenvalue weighted by Gasteiger charge is 2.23. The van der Waals surface area contributed by atoms with E-state index in [-0.39, 0.29) is 5.41 Å². The third kappa shape index (κ3) is 1.88. The SMILES string of the molecule is CC(C)(C)c1ccn2c([C@@H]3CCCN3)nnc2n1. The molecule has 5 heteroatoms. The zero-order chi connectivity index (χ0) is 12.8. The molecule has 1 N–H and O–H groups in total. The van der Waals surface area contributed by atoms with Gasteiger partial charge in [0, 0.05) is 11.6 Å². The van der Waals surface area contributed by atoms with E-state index < -0.39 is 0 Å². The van der Waals surface area contributed by atoms with Crippen molar-refractivity contribution in [2.24, 2.45) is 0 Å². The Bertz CT molecular complexity index is 560. The fourth-order valence-electron chi connectivity index (χ4n) is 2.36. The standard InChI is InChI=1S/C13H19N5/c1-13(2,3)10-6-8-18-11(9-5-4-7-14-9)16-17-12(18)15-10/h6,8-9,14H,4-5,7H2,1-3H3/t9-/m0/s1. The Labute approximate surface area is 107 Å². The molecular weight excluding hydrogens is 226 g/mol. The number of nitrogens with one attached hydrogen (secondary N) is 1. The minimum Gasteiger partial charge on any atom is -0.307 e. The second kappa shape index (κ2) is 4.02. The van der Waals surface area contributed by atoms with E-state index in [1.54, 1.807) is 0 Å². The van der Waals surface area contributed by atoms with Crippen LogP contribution in [0.5, 0.6) is 0 Å². The Morgan fingerprint density at radius 3 is 2.83 bits per heavy atom. The molecule has 0 radical (unpaired) electrons. The summed E-state index contributed by atoms with van der Waals surface area (Å²) in [5, 5.41) is 11.9. The lowest BCUT2D eigenvalue weighted by molar-refractivity contribution is 0.566. The molecule has 1 atom stereocenters. The smallest absolute Gasteiger partial charge is 0.255 e. The molecule has 0 saturated carbocycles. The number of hydrogen-bond donors (Lipinski definition) is 1. The van der Waals surface area contributed by atoms with Gasteiger partial charge in [0.2, 0.25) is 0 Å². The zero-order valence-corrected chi connectivity index (χ0v) is 11.1. The molecule has 0 spiro atoms. The van der Waals surface area contributed by atoms with Crippen molar-refractivity contribution in [2.45, 2.75) is 45.1 Å². The van der Waals surface area contributed by atoms with E-state index in [4.69, 9.17) is 0 Å². The average Bonchev–Trinajstić information content (AvgIpc) is 2.95. The van der Waals surface area contributed by atoms with Crippen LogP contribution in [0.25, 0.3) is 5.78 Å². The van der Waals surface area contributed by atoms with Gasteiger partial charge in [0.25, 0.3) is 5.78 Å². The van der Waals surface area contributed by atoms with Gasteiger partial charge in [-0.25, -0.2) is 4.98 Å². The summed E-state index contributed by atoms with van der Waals surface area (Å²) in [7, 11) is 0. The second-order valence-corrected chi connectivity index (χ2v) is 5.94. The van der Waals surface area contributed by atoms with Crippen LogP contribution < -0.4 is 5.32 Å². The fourth-order valence-corrected chi connectivity index (χ4v) is 2.36. The number of aromatic nitrogens is 4. The maximum atomic E-state index is 4.60. The normalized spacial score (nSPS) is 20.7. The van der Waals surface area contributed by atoms with Gasteiger partial charge < -0.3 is 5.32 Å². The Kier molecular flexibility index (Phi) is 2.59. The summed E-state index contributed by atoms with van der Waals surface area (Å²) < 4.78 is 2.00. The van der Waals surface area contributed by atoms with Gasteiger partial charge in [0.1, 0.15) is 0 Å². The summed E-state index contributed by atoms with van der Waals surface area (Å²) in [6.07, 6.45) is 4.37. The van der Waals surface area contributed by atoms with E-state index in [0.29, 0.717) is 11.8 Å². The van der Waals surface area contributed by atoms with Gasteiger partial charge in [-0.05, 0) is 25.5 Å². The van der Waals surface area contributed by atoms with Crippen molar-refractivity contribution in [3.8, 4) is 0 Å². The highest BCUT2D eigenvalue weighted by Crippen LogP contribution is 2.24. The van der Waals surface area contributed by atoms with Crippen LogP contribution in [0.2, 0.25) is 0 Å². The predicted molar refractivity (Wildman–Crippen MR) is 69.5 cm³/mol. The molecule has 1 aliphatic heterocycles. The third-order valence-corrected chi connectivity index (χ3v) is 3.45. The van der Waals surface area contributed by atoms with E-state index in [1.165, 1.54) is 6.42 Å². The van der Waals surface area contributed by atoms with E-state index in [0.717, 1.165) is 24.5 Å². The Hall–Kier alpha value is -1.49. The van der Waals surface area contributed by atoms with Crippen LogP contribution in [0.3, 0.4) is 0 Å². The number of fused-ring (bicyclic) bond motifs is 1. The molecule has 1 aliphatic rings. The highest BCUT2D eigenvalue weighted by atomic mass is 15.3. The molecule has 18 heavy (non-hydrogen) atoms. The summed E-state index contributed by atoms with van der Waals surface area (Å²) in [5.74, 6) is 1.68. The molecule has 3 rings (SSSR count). The summed E-state index contributed by atoms with van der Waals surface area (Å²) >= 11 is 0. The van der Waals surface area contributed by atoms with Gasteiger partial charge in [0.05, 0.1) is 11.7 Å². The van der Waals surface area contributed by atoms with Crippen LogP contribution in [0, 0.1) is 0 Å². The monoisotopic (exact) mass is 245 g/mol. The zero-order valence-electron chi connectivity index (χ0n) is 11.1. The molecule has 96 valence electrons. The molecule has 2 aromatic heterocycles. The molecule has 0 unspecified atom stereocenters. The Morgan fingerprint density at radius 2 is 2.17 bits per heavy atom. The average molecular weight is 245 g/mol. The van der Waals surface area contributed by atoms with Crippen LogP contribution >= 0.6 is 0 Å². The molecule has 0 aromatic carbocycles. The van der Waals surface area contributed by atoms with Crippen molar-refractivity contribution >= 4 is 5.78 Å². The van der Waals surface area contributed by atoms with E-state index in [1.807, 2.05) is 10.6 Å². The lowest BCUT2D eigenvalue weighted by atomic mass is 9.92. The van der Waals surface area contributed by atoms with Gasteiger partial charge in [-0.15, -0.1) is 10.2 Å². The first kappa shape index (κ1) is 11.6. The number of nitrogens with zero attached hydrogens (tertiary/aromatic N) is 4. The first-order valence-corrected chi connectivity index (χ1v) is 6.51. The molecule has 0 aliphatic carbocycles. The van der Waals surface area contributed by atoms with Gasteiger partial charge >= 0.3 is 0 Å². The Balaban J connectivity index is 2.05. The first-order valence-electron chi connectivity index (χ1n) is 6.51. The lowest BCUT2D eigenvalue weighted by Gasteiger charge is -2.17. The minimum absolute atomic E-state index is 0.0411. The topological polar surface area (TPSA) is 55.1 Å². The lowest BCUT2D eigenvalue weighted by Crippen LogP contribution is -2.17. The maximum Gasteiger partial charge on any atom is 0.255 e. The van der Waals surface area contributed by atoms with Crippen molar-refractivity contribution in [1.29, 1.82) is 0 Å². The van der Waals surface area contributed by atoms with Crippen LogP contribution in [-0.2, 0) is 5.41 Å². The van der Waals surface area contributed by atoms with Crippen molar-refractivity contribution in [2.75, 3.05) is 6.54 Å². The first-order chi connectivity index (χ1) is 8.55. The molecule has 0 amide bonds. The van der Waals surface area contributed by atoms with Gasteiger partial charge in [0.15, 0.2) is 5.82 Å². The number of rotatable bonds is 1. The third-order valence-electron chi connectivity index (χ3n) is 3.45. The van der Waals surface area contributed by atoms with E-state index in [2.05, 4.69) is 47.3 Å². The molecule has 3 heterocycles. The quantitative estimate of drug-likeness (QED) is 0.833. The molecule has 1 fully saturated rings. The predicted octanol–water partition coefficient (Wildman–Crippen LogP) is 1.85. The molecule has 2 aromatic rings. The van der Waals surface area contributed by atoms with Gasteiger partial charge in [-0.2, -0.15) is 0 Å². The van der Waals surface area contributed by atoms with Crippen molar-refractivity contribution in [3.63, 3.8) is 0 Å². The molecule has 1 saturated heterocycles. The van der Waals surface area contributed by atoms with Crippen LogP contribution in [0.1, 0.15) is 51.2 Å². The van der Waals surface area contributed by atoms with Gasteiger partial charge in [-0.1, -0.05) is 20.8 Å².